The molecule has 2 N–H and O–H groups in total. The first-order valence-corrected chi connectivity index (χ1v) is 10.3. The maximum absolute atomic E-state index is 12.5. The molecule has 4 rings (SSSR count). The maximum Gasteiger partial charge on any atom is 0.254 e. The molecule has 8 nitrogen and oxygen atoms in total. The van der Waals surface area contributed by atoms with Gasteiger partial charge in [0.15, 0.2) is 5.82 Å². The number of aliphatic hydroxyl groups excluding tert-OH is 1. The van der Waals surface area contributed by atoms with Crippen LogP contribution in [0.5, 0.6) is 0 Å². The fourth-order valence-corrected chi connectivity index (χ4v) is 3.92. The van der Waals surface area contributed by atoms with Crippen LogP contribution in [0.1, 0.15) is 61.3 Å². The molecule has 1 saturated carbocycles. The van der Waals surface area contributed by atoms with Crippen molar-refractivity contribution in [1.82, 2.24) is 30.0 Å². The Bertz CT molecular complexity index is 989. The maximum atomic E-state index is 12.5. The van der Waals surface area contributed by atoms with E-state index < -0.39 is 6.10 Å². The lowest BCUT2D eigenvalue weighted by Crippen LogP contribution is -2.47. The van der Waals surface area contributed by atoms with Gasteiger partial charge in [-0.15, -0.1) is 0 Å². The third kappa shape index (κ3) is 4.23. The van der Waals surface area contributed by atoms with Crippen LogP contribution in [0.25, 0.3) is 11.4 Å². The van der Waals surface area contributed by atoms with E-state index in [9.17, 15) is 9.90 Å². The van der Waals surface area contributed by atoms with Crippen LogP contribution >= 0.6 is 0 Å². The Balaban J connectivity index is 1.56. The number of carbonyl (C=O) groups excluding carboxylic acids is 1. The average molecular weight is 406 g/mol. The standard InChI is InChI=1S/C22H26N6O2/c1-14(2)28-21(26-20(27-28)15-6-4-3-5-7-15)16-8-9-19(29)18(10-16)25-22(30)17-11-23-13-24-12-17/h3-7,11-14,16,18-19,29H,8-10H2,1-2H3,(H,25,30)/t16-,18+,19+/m0/s1. The molecule has 1 aromatic carbocycles. The summed E-state index contributed by atoms with van der Waals surface area (Å²) >= 11 is 0. The van der Waals surface area contributed by atoms with Gasteiger partial charge in [-0.2, -0.15) is 5.10 Å². The van der Waals surface area contributed by atoms with Crippen LogP contribution in [0.2, 0.25) is 0 Å². The van der Waals surface area contributed by atoms with Gasteiger partial charge in [-0.05, 0) is 33.1 Å². The first kappa shape index (κ1) is 20.2. The van der Waals surface area contributed by atoms with Crippen molar-refractivity contribution in [2.45, 2.75) is 57.2 Å². The van der Waals surface area contributed by atoms with E-state index in [-0.39, 0.29) is 23.9 Å². The highest BCUT2D eigenvalue weighted by Gasteiger charge is 2.34. The summed E-state index contributed by atoms with van der Waals surface area (Å²) in [6.07, 6.45) is 5.70. The number of hydrogen-bond acceptors (Lipinski definition) is 6. The van der Waals surface area contributed by atoms with Crippen molar-refractivity contribution in [2.24, 2.45) is 0 Å². The monoisotopic (exact) mass is 406 g/mol. The van der Waals surface area contributed by atoms with Gasteiger partial charge in [0.05, 0.1) is 17.7 Å². The van der Waals surface area contributed by atoms with Gasteiger partial charge in [-0.1, -0.05) is 30.3 Å². The molecule has 0 aliphatic heterocycles. The average Bonchev–Trinajstić information content (AvgIpc) is 3.22. The molecule has 156 valence electrons. The van der Waals surface area contributed by atoms with Gasteiger partial charge in [0.1, 0.15) is 12.2 Å². The molecule has 1 fully saturated rings. The molecule has 2 aromatic heterocycles. The molecule has 0 radical (unpaired) electrons. The van der Waals surface area contributed by atoms with Crippen molar-refractivity contribution < 1.29 is 9.90 Å². The van der Waals surface area contributed by atoms with Crippen molar-refractivity contribution in [1.29, 1.82) is 0 Å². The molecule has 0 unspecified atom stereocenters. The minimum atomic E-state index is -0.598. The largest absolute Gasteiger partial charge is 0.391 e. The Hall–Kier alpha value is -3.13. The summed E-state index contributed by atoms with van der Waals surface area (Å²) in [6.45, 7) is 4.17. The van der Waals surface area contributed by atoms with Gasteiger partial charge in [-0.25, -0.2) is 19.6 Å². The molecule has 1 aliphatic rings. The van der Waals surface area contributed by atoms with Crippen molar-refractivity contribution in [3.63, 3.8) is 0 Å². The number of nitrogens with one attached hydrogen (secondary N) is 1. The Morgan fingerprint density at radius 2 is 1.90 bits per heavy atom. The summed E-state index contributed by atoms with van der Waals surface area (Å²) in [7, 11) is 0. The number of amides is 1. The van der Waals surface area contributed by atoms with Crippen LogP contribution in [0.3, 0.4) is 0 Å². The Labute approximate surface area is 175 Å². The summed E-state index contributed by atoms with van der Waals surface area (Å²) in [4.78, 5) is 25.2. The van der Waals surface area contributed by atoms with E-state index in [1.807, 2.05) is 35.0 Å². The van der Waals surface area contributed by atoms with Crippen LogP contribution in [0.15, 0.2) is 49.1 Å². The van der Waals surface area contributed by atoms with Crippen LogP contribution in [0.4, 0.5) is 0 Å². The Morgan fingerprint density at radius 3 is 2.60 bits per heavy atom. The predicted octanol–water partition coefficient (Wildman–Crippen LogP) is 2.74. The molecular weight excluding hydrogens is 380 g/mol. The molecule has 0 bridgehead atoms. The lowest BCUT2D eigenvalue weighted by Gasteiger charge is -2.33. The number of rotatable bonds is 5. The highest BCUT2D eigenvalue weighted by Crippen LogP contribution is 2.34. The Morgan fingerprint density at radius 1 is 1.17 bits per heavy atom. The Kier molecular flexibility index (Phi) is 5.85. The van der Waals surface area contributed by atoms with Crippen LogP contribution < -0.4 is 5.32 Å². The third-order valence-corrected chi connectivity index (χ3v) is 5.50. The minimum Gasteiger partial charge on any atom is -0.391 e. The number of aromatic nitrogens is 5. The van der Waals surface area contributed by atoms with Crippen molar-refractivity contribution in [3.05, 3.63) is 60.4 Å². The summed E-state index contributed by atoms with van der Waals surface area (Å²) in [5, 5.41) is 18.2. The van der Waals surface area contributed by atoms with Gasteiger partial charge in [0.2, 0.25) is 0 Å². The SMILES string of the molecule is CC(C)n1nc(-c2ccccc2)nc1[C@H]1CC[C@@H](O)[C@H](NC(=O)c2cncnc2)C1. The molecule has 1 amide bonds. The summed E-state index contributed by atoms with van der Waals surface area (Å²) in [5.74, 6) is 1.42. The number of aliphatic hydroxyl groups is 1. The summed E-state index contributed by atoms with van der Waals surface area (Å²) < 4.78 is 1.97. The molecule has 1 aliphatic carbocycles. The predicted molar refractivity (Wildman–Crippen MR) is 112 cm³/mol. The van der Waals surface area contributed by atoms with E-state index >= 15 is 0 Å². The van der Waals surface area contributed by atoms with Crippen molar-refractivity contribution in [2.75, 3.05) is 0 Å². The second-order valence-corrected chi connectivity index (χ2v) is 7.98. The summed E-state index contributed by atoms with van der Waals surface area (Å²) in [5.41, 5.74) is 1.35. The fraction of sp³-hybridized carbons (Fsp3) is 0.409. The second-order valence-electron chi connectivity index (χ2n) is 7.98. The first-order valence-electron chi connectivity index (χ1n) is 10.3. The lowest BCUT2D eigenvalue weighted by atomic mass is 9.83. The quantitative estimate of drug-likeness (QED) is 0.675. The number of nitrogens with zero attached hydrogens (tertiary/aromatic N) is 5. The highest BCUT2D eigenvalue weighted by molar-refractivity contribution is 5.93. The molecule has 0 saturated heterocycles. The third-order valence-electron chi connectivity index (χ3n) is 5.50. The number of hydrogen-bond donors (Lipinski definition) is 2. The van der Waals surface area contributed by atoms with Crippen LogP contribution in [-0.2, 0) is 0 Å². The van der Waals surface area contributed by atoms with E-state index in [2.05, 4.69) is 29.1 Å². The molecule has 0 spiro atoms. The van der Waals surface area contributed by atoms with E-state index in [0.717, 1.165) is 17.8 Å². The summed E-state index contributed by atoms with van der Waals surface area (Å²) in [6, 6.07) is 9.71. The zero-order chi connectivity index (χ0) is 21.1. The van der Waals surface area contributed by atoms with E-state index in [1.54, 1.807) is 0 Å². The zero-order valence-electron chi connectivity index (χ0n) is 17.1. The van der Waals surface area contributed by atoms with Gasteiger partial charge in [0.25, 0.3) is 5.91 Å². The number of carbonyl (C=O) groups is 1. The van der Waals surface area contributed by atoms with E-state index in [4.69, 9.17) is 10.1 Å². The fourth-order valence-electron chi connectivity index (χ4n) is 3.92. The molecule has 3 atom stereocenters. The lowest BCUT2D eigenvalue weighted by molar-refractivity contribution is 0.0667. The zero-order valence-corrected chi connectivity index (χ0v) is 17.1. The topological polar surface area (TPSA) is 106 Å². The smallest absolute Gasteiger partial charge is 0.254 e. The number of benzene rings is 1. The van der Waals surface area contributed by atoms with Crippen molar-refractivity contribution in [3.8, 4) is 11.4 Å². The van der Waals surface area contributed by atoms with Gasteiger partial charge >= 0.3 is 0 Å². The van der Waals surface area contributed by atoms with Crippen molar-refractivity contribution >= 4 is 5.91 Å². The minimum absolute atomic E-state index is 0.0954. The van der Waals surface area contributed by atoms with Gasteiger partial charge in [-0.3, -0.25) is 4.79 Å². The first-order chi connectivity index (χ1) is 14.5. The van der Waals surface area contributed by atoms with Crippen LogP contribution in [0, 0.1) is 0 Å². The second kappa shape index (κ2) is 8.71. The highest BCUT2D eigenvalue weighted by atomic mass is 16.3. The molecule has 3 aromatic rings. The molecule has 8 heteroatoms. The van der Waals surface area contributed by atoms with Gasteiger partial charge in [0, 0.05) is 29.9 Å². The molecule has 2 heterocycles. The molecule has 30 heavy (non-hydrogen) atoms. The van der Waals surface area contributed by atoms with Gasteiger partial charge < -0.3 is 10.4 Å². The van der Waals surface area contributed by atoms with Crippen LogP contribution in [-0.4, -0.2) is 47.9 Å². The molecular formula is C22H26N6O2. The van der Waals surface area contributed by atoms with E-state index in [1.165, 1.54) is 18.7 Å². The van der Waals surface area contributed by atoms with E-state index in [0.29, 0.717) is 24.2 Å². The normalized spacial score (nSPS) is 21.5.